The fourth-order valence-corrected chi connectivity index (χ4v) is 2.02. The van der Waals surface area contributed by atoms with E-state index in [0.29, 0.717) is 12.5 Å². The van der Waals surface area contributed by atoms with Gasteiger partial charge in [0.2, 0.25) is 5.91 Å². The summed E-state index contributed by atoms with van der Waals surface area (Å²) in [6.45, 7) is 4.23. The van der Waals surface area contributed by atoms with Crippen LogP contribution in [0.4, 0.5) is 0 Å². The van der Waals surface area contributed by atoms with E-state index in [2.05, 4.69) is 17.3 Å². The van der Waals surface area contributed by atoms with Crippen LogP contribution in [0.3, 0.4) is 0 Å². The Labute approximate surface area is 102 Å². The second-order valence-electron chi connectivity index (χ2n) is 4.89. The van der Waals surface area contributed by atoms with Crippen molar-refractivity contribution in [3.05, 3.63) is 0 Å². The quantitative estimate of drug-likeness (QED) is 0.691. The second-order valence-corrected chi connectivity index (χ2v) is 4.89. The van der Waals surface area contributed by atoms with Crippen LogP contribution in [0.15, 0.2) is 0 Å². The maximum atomic E-state index is 11.4. The summed E-state index contributed by atoms with van der Waals surface area (Å²) < 4.78 is 0. The third-order valence-corrected chi connectivity index (χ3v) is 3.45. The first-order valence-electron chi connectivity index (χ1n) is 6.19. The number of aliphatic carboxylic acids is 1. The molecule has 0 bridgehead atoms. The van der Waals surface area contributed by atoms with Crippen LogP contribution in [0.5, 0.6) is 0 Å². The summed E-state index contributed by atoms with van der Waals surface area (Å²) in [7, 11) is 2.12. The van der Waals surface area contributed by atoms with Crippen LogP contribution in [0, 0.1) is 11.8 Å². The van der Waals surface area contributed by atoms with Crippen LogP contribution in [-0.2, 0) is 9.59 Å². The Kier molecular flexibility index (Phi) is 5.41. The number of piperidine rings is 1. The fraction of sp³-hybridized carbons (Fsp3) is 0.833. The van der Waals surface area contributed by atoms with E-state index in [1.54, 1.807) is 0 Å². The normalized spacial score (nSPS) is 19.9. The van der Waals surface area contributed by atoms with Crippen molar-refractivity contribution in [2.24, 2.45) is 11.8 Å². The first-order valence-corrected chi connectivity index (χ1v) is 6.19. The number of amides is 1. The smallest absolute Gasteiger partial charge is 0.315 e. The first kappa shape index (κ1) is 14.0. The van der Waals surface area contributed by atoms with Gasteiger partial charge >= 0.3 is 5.97 Å². The minimum absolute atomic E-state index is 0.384. The van der Waals surface area contributed by atoms with Gasteiger partial charge in [-0.1, -0.05) is 0 Å². The summed E-state index contributed by atoms with van der Waals surface area (Å²) in [5, 5.41) is 11.4. The lowest BCUT2D eigenvalue weighted by atomic mass is 9.94. The molecule has 0 aromatic carbocycles. The maximum absolute atomic E-state index is 11.4. The van der Waals surface area contributed by atoms with Crippen LogP contribution in [-0.4, -0.2) is 48.6 Å². The summed E-state index contributed by atoms with van der Waals surface area (Å²) in [4.78, 5) is 24.3. The molecule has 1 amide bonds. The molecule has 1 rings (SSSR count). The number of nitrogens with one attached hydrogen (secondary N) is 1. The highest BCUT2D eigenvalue weighted by Gasteiger charge is 2.21. The van der Waals surface area contributed by atoms with Crippen LogP contribution < -0.4 is 5.32 Å². The van der Waals surface area contributed by atoms with Gasteiger partial charge in [-0.3, -0.25) is 9.59 Å². The van der Waals surface area contributed by atoms with Crippen LogP contribution in [0.1, 0.15) is 26.2 Å². The summed E-state index contributed by atoms with van der Waals surface area (Å²) in [5.74, 6) is -1.74. The third-order valence-electron chi connectivity index (χ3n) is 3.45. The van der Waals surface area contributed by atoms with E-state index >= 15 is 0 Å². The number of hydrogen-bond donors (Lipinski definition) is 2. The van der Waals surface area contributed by atoms with Gasteiger partial charge in [0.15, 0.2) is 0 Å². The Bertz CT molecular complexity index is 273. The zero-order chi connectivity index (χ0) is 12.8. The van der Waals surface area contributed by atoms with Gasteiger partial charge in [0.1, 0.15) is 5.92 Å². The molecule has 1 heterocycles. The lowest BCUT2D eigenvalue weighted by Crippen LogP contribution is -2.36. The summed E-state index contributed by atoms with van der Waals surface area (Å²) >= 11 is 0. The Morgan fingerprint density at radius 1 is 1.41 bits per heavy atom. The van der Waals surface area contributed by atoms with Gasteiger partial charge in [0.05, 0.1) is 0 Å². The van der Waals surface area contributed by atoms with Gasteiger partial charge in [0, 0.05) is 6.54 Å². The van der Waals surface area contributed by atoms with E-state index in [1.807, 2.05) is 0 Å². The largest absolute Gasteiger partial charge is 0.481 e. The topological polar surface area (TPSA) is 69.6 Å². The molecule has 2 N–H and O–H groups in total. The highest BCUT2D eigenvalue weighted by molar-refractivity contribution is 5.96. The zero-order valence-corrected chi connectivity index (χ0v) is 10.6. The van der Waals surface area contributed by atoms with Gasteiger partial charge in [-0.2, -0.15) is 0 Å². The van der Waals surface area contributed by atoms with Crippen molar-refractivity contribution in [2.45, 2.75) is 26.2 Å². The minimum Gasteiger partial charge on any atom is -0.481 e. The van der Waals surface area contributed by atoms with E-state index in [4.69, 9.17) is 5.11 Å². The van der Waals surface area contributed by atoms with Gasteiger partial charge in [0.25, 0.3) is 0 Å². The van der Waals surface area contributed by atoms with Crippen LogP contribution in [0.2, 0.25) is 0 Å². The summed E-state index contributed by atoms with van der Waals surface area (Å²) in [6, 6.07) is 0. The van der Waals surface area contributed by atoms with E-state index < -0.39 is 11.9 Å². The van der Waals surface area contributed by atoms with Crippen molar-refractivity contribution >= 4 is 11.9 Å². The predicted octanol–water partition coefficient (Wildman–Crippen LogP) is 0.555. The van der Waals surface area contributed by atoms with Gasteiger partial charge < -0.3 is 15.3 Å². The third kappa shape index (κ3) is 4.73. The molecule has 0 radical (unpaired) electrons. The molecule has 0 aliphatic carbocycles. The molecule has 1 atom stereocenters. The molecule has 17 heavy (non-hydrogen) atoms. The van der Waals surface area contributed by atoms with Crippen molar-refractivity contribution in [1.82, 2.24) is 10.2 Å². The van der Waals surface area contributed by atoms with Crippen LogP contribution >= 0.6 is 0 Å². The average molecular weight is 242 g/mol. The molecule has 0 saturated carbocycles. The Morgan fingerprint density at radius 3 is 2.53 bits per heavy atom. The number of carboxylic acids is 1. The monoisotopic (exact) mass is 242 g/mol. The highest BCUT2D eigenvalue weighted by atomic mass is 16.4. The molecular formula is C12H22N2O3. The van der Waals surface area contributed by atoms with Crippen molar-refractivity contribution in [2.75, 3.05) is 26.7 Å². The van der Waals surface area contributed by atoms with Gasteiger partial charge in [-0.25, -0.2) is 0 Å². The average Bonchev–Trinajstić information content (AvgIpc) is 2.30. The summed E-state index contributed by atoms with van der Waals surface area (Å²) in [5.41, 5.74) is 0. The zero-order valence-electron chi connectivity index (χ0n) is 10.6. The Hall–Kier alpha value is -1.10. The lowest BCUT2D eigenvalue weighted by molar-refractivity contribution is -0.146. The molecule has 98 valence electrons. The number of nitrogens with zero attached hydrogens (tertiary/aromatic N) is 1. The van der Waals surface area contributed by atoms with Gasteiger partial charge in [-0.15, -0.1) is 0 Å². The molecule has 0 spiro atoms. The lowest BCUT2D eigenvalue weighted by Gasteiger charge is -2.28. The molecule has 0 aromatic heterocycles. The number of hydrogen-bond acceptors (Lipinski definition) is 3. The number of carbonyl (C=O) groups excluding carboxylic acids is 1. The van der Waals surface area contributed by atoms with Crippen LogP contribution in [0.25, 0.3) is 0 Å². The first-order chi connectivity index (χ1) is 8.00. The molecule has 1 saturated heterocycles. The molecular weight excluding hydrogens is 220 g/mol. The fourth-order valence-electron chi connectivity index (χ4n) is 2.02. The van der Waals surface area contributed by atoms with Crippen molar-refractivity contribution in [3.8, 4) is 0 Å². The molecule has 1 aliphatic heterocycles. The standard InChI is InChI=1S/C12H22N2O3/c1-9(12(16)17)11(15)13-6-3-10-4-7-14(2)8-5-10/h9-10H,3-8H2,1-2H3,(H,13,15)(H,16,17). The SMILES string of the molecule is CC(C(=O)O)C(=O)NCCC1CCN(C)CC1. The molecule has 1 unspecified atom stereocenters. The Morgan fingerprint density at radius 2 is 2.00 bits per heavy atom. The highest BCUT2D eigenvalue weighted by Crippen LogP contribution is 2.18. The molecule has 0 aromatic rings. The predicted molar refractivity (Wildman–Crippen MR) is 64.6 cm³/mol. The number of carboxylic acid groups (broad SMARTS) is 1. The van der Waals surface area contributed by atoms with Crippen molar-refractivity contribution in [1.29, 1.82) is 0 Å². The van der Waals surface area contributed by atoms with E-state index in [1.165, 1.54) is 19.8 Å². The van der Waals surface area contributed by atoms with Crippen molar-refractivity contribution in [3.63, 3.8) is 0 Å². The molecule has 1 fully saturated rings. The molecule has 5 nitrogen and oxygen atoms in total. The minimum atomic E-state index is -1.07. The number of carbonyl (C=O) groups is 2. The second kappa shape index (κ2) is 6.59. The van der Waals surface area contributed by atoms with Gasteiger partial charge in [-0.05, 0) is 52.2 Å². The Balaban J connectivity index is 2.15. The molecule has 5 heteroatoms. The summed E-state index contributed by atoms with van der Waals surface area (Å²) in [6.07, 6.45) is 3.29. The maximum Gasteiger partial charge on any atom is 0.315 e. The van der Waals surface area contributed by atoms with E-state index in [-0.39, 0.29) is 5.91 Å². The molecule has 1 aliphatic rings. The van der Waals surface area contributed by atoms with E-state index in [0.717, 1.165) is 19.5 Å². The van der Waals surface area contributed by atoms with E-state index in [9.17, 15) is 9.59 Å². The number of likely N-dealkylation sites (tertiary alicyclic amines) is 1. The van der Waals surface area contributed by atoms with Crippen molar-refractivity contribution < 1.29 is 14.7 Å². The number of rotatable bonds is 5.